The summed E-state index contributed by atoms with van der Waals surface area (Å²) in [5, 5.41) is 19.7. The Hall–Kier alpha value is -2.88. The molecule has 0 saturated heterocycles. The van der Waals surface area contributed by atoms with Crippen molar-refractivity contribution in [2.75, 3.05) is 0 Å². The van der Waals surface area contributed by atoms with Crippen LogP contribution >= 0.6 is 0 Å². The number of fused-ring (bicyclic) bond motifs is 3. The van der Waals surface area contributed by atoms with Crippen molar-refractivity contribution < 1.29 is 9.74 Å². The van der Waals surface area contributed by atoms with Gasteiger partial charge in [0.05, 0.1) is 0 Å². The van der Waals surface area contributed by atoms with E-state index in [0.29, 0.717) is 5.52 Å². The highest BCUT2D eigenvalue weighted by atomic mass is 16.6. The summed E-state index contributed by atoms with van der Waals surface area (Å²) in [6, 6.07) is 15.7. The van der Waals surface area contributed by atoms with Crippen LogP contribution in [0.5, 0.6) is 5.75 Å². The van der Waals surface area contributed by atoms with Gasteiger partial charge in [0.2, 0.25) is 0 Å². The first kappa shape index (κ1) is 14.7. The Morgan fingerprint density at radius 1 is 0.875 bits per heavy atom. The fourth-order valence-electron chi connectivity index (χ4n) is 3.02. The van der Waals surface area contributed by atoms with Gasteiger partial charge >= 0.3 is 0 Å². The highest BCUT2D eigenvalue weighted by Gasteiger charge is 2.16. The van der Waals surface area contributed by atoms with Crippen LogP contribution in [-0.4, -0.2) is 15.4 Å². The van der Waals surface area contributed by atoms with Crippen molar-refractivity contribution in [2.45, 2.75) is 26.2 Å². The first-order valence-electron chi connectivity index (χ1n) is 7.92. The zero-order valence-electron chi connectivity index (χ0n) is 13.9. The van der Waals surface area contributed by atoms with Crippen molar-refractivity contribution >= 4 is 21.8 Å². The molecule has 0 amide bonds. The molecular formula is C20H18N2O2. The van der Waals surface area contributed by atoms with Crippen LogP contribution in [0.15, 0.2) is 53.2 Å². The van der Waals surface area contributed by atoms with E-state index >= 15 is 0 Å². The number of aromatic hydroxyl groups is 1. The monoisotopic (exact) mass is 318 g/mol. The van der Waals surface area contributed by atoms with E-state index in [-0.39, 0.29) is 11.2 Å². The van der Waals surface area contributed by atoms with E-state index in [4.69, 9.17) is 4.63 Å². The van der Waals surface area contributed by atoms with Gasteiger partial charge in [0.15, 0.2) is 0 Å². The van der Waals surface area contributed by atoms with Gasteiger partial charge in [-0.3, -0.25) is 0 Å². The quantitative estimate of drug-likeness (QED) is 0.534. The van der Waals surface area contributed by atoms with E-state index in [0.717, 1.165) is 27.4 Å². The molecule has 1 heterocycles. The lowest BCUT2D eigenvalue weighted by Gasteiger charge is -2.19. The summed E-state index contributed by atoms with van der Waals surface area (Å²) in [4.78, 5) is 0. The van der Waals surface area contributed by atoms with Crippen molar-refractivity contribution in [1.29, 1.82) is 0 Å². The van der Waals surface area contributed by atoms with Crippen molar-refractivity contribution in [3.63, 3.8) is 0 Å². The molecule has 4 nitrogen and oxygen atoms in total. The van der Waals surface area contributed by atoms with E-state index in [2.05, 4.69) is 55.4 Å². The molecular weight excluding hydrogens is 300 g/mol. The van der Waals surface area contributed by atoms with Crippen LogP contribution in [0.3, 0.4) is 0 Å². The van der Waals surface area contributed by atoms with Gasteiger partial charge in [-0.25, -0.2) is 4.63 Å². The summed E-state index contributed by atoms with van der Waals surface area (Å²) < 4.78 is 4.98. The molecule has 120 valence electrons. The van der Waals surface area contributed by atoms with Crippen LogP contribution in [0.1, 0.15) is 26.3 Å². The Morgan fingerprint density at radius 3 is 2.29 bits per heavy atom. The van der Waals surface area contributed by atoms with E-state index in [1.807, 2.05) is 12.1 Å². The number of aromatic nitrogens is 2. The van der Waals surface area contributed by atoms with Crippen molar-refractivity contribution in [1.82, 2.24) is 10.3 Å². The second-order valence-electron chi connectivity index (χ2n) is 7.12. The second kappa shape index (κ2) is 5.06. The Kier molecular flexibility index (Phi) is 3.10. The second-order valence-corrected chi connectivity index (χ2v) is 7.12. The average molecular weight is 318 g/mol. The van der Waals surface area contributed by atoms with Crippen LogP contribution in [0, 0.1) is 0 Å². The van der Waals surface area contributed by atoms with Gasteiger partial charge in [0.25, 0.3) is 0 Å². The number of benzene rings is 3. The molecule has 0 atom stereocenters. The molecule has 0 radical (unpaired) electrons. The van der Waals surface area contributed by atoms with Gasteiger partial charge < -0.3 is 5.11 Å². The van der Waals surface area contributed by atoms with Crippen LogP contribution in [0.25, 0.3) is 32.9 Å². The largest absolute Gasteiger partial charge is 0.508 e. The summed E-state index contributed by atoms with van der Waals surface area (Å²) in [6.07, 6.45) is 0. The maximum Gasteiger partial charge on any atom is 0.143 e. The fraction of sp³-hybridized carbons (Fsp3) is 0.200. The average Bonchev–Trinajstić information content (AvgIpc) is 3.03. The molecule has 4 aromatic rings. The van der Waals surface area contributed by atoms with Crippen molar-refractivity contribution in [3.8, 4) is 16.9 Å². The molecule has 3 aromatic carbocycles. The van der Waals surface area contributed by atoms with Gasteiger partial charge in [0, 0.05) is 10.9 Å². The number of nitrogens with zero attached hydrogens (tertiary/aromatic N) is 2. The molecule has 0 fully saturated rings. The fourth-order valence-corrected chi connectivity index (χ4v) is 3.02. The zero-order chi connectivity index (χ0) is 16.9. The summed E-state index contributed by atoms with van der Waals surface area (Å²) >= 11 is 0. The molecule has 0 bridgehead atoms. The lowest BCUT2D eigenvalue weighted by molar-refractivity contribution is 0.316. The Morgan fingerprint density at radius 2 is 1.58 bits per heavy atom. The van der Waals surface area contributed by atoms with Gasteiger partial charge in [-0.15, -0.1) is 0 Å². The third-order valence-corrected chi connectivity index (χ3v) is 4.40. The van der Waals surface area contributed by atoms with Crippen LogP contribution in [0.4, 0.5) is 0 Å². The molecule has 1 aromatic heterocycles. The number of phenolic OH excluding ortho intramolecular Hbond substituents is 1. The zero-order valence-corrected chi connectivity index (χ0v) is 13.9. The van der Waals surface area contributed by atoms with Crippen LogP contribution in [0.2, 0.25) is 0 Å². The molecule has 0 aliphatic carbocycles. The van der Waals surface area contributed by atoms with Crippen molar-refractivity contribution in [2.24, 2.45) is 0 Å². The molecule has 4 rings (SSSR count). The Labute approximate surface area is 139 Å². The maximum absolute atomic E-state index is 9.78. The number of rotatable bonds is 1. The minimum Gasteiger partial charge on any atom is -0.508 e. The lowest BCUT2D eigenvalue weighted by Crippen LogP contribution is -2.10. The van der Waals surface area contributed by atoms with E-state index in [1.54, 1.807) is 12.1 Å². The molecule has 0 unspecified atom stereocenters. The summed E-state index contributed by atoms with van der Waals surface area (Å²) in [7, 11) is 0. The standard InChI is InChI=1S/C20H18N2O2/c1-20(2,3)14-6-4-12(5-7-14)17-11-13-10-15(23)8-9-16(13)18-19(17)22-24-21-18/h4-11,23H,1-3H3. The Bertz CT molecular complexity index is 1040. The SMILES string of the molecule is CC(C)(C)c1ccc(-c2cc3cc(O)ccc3c3nonc23)cc1. The van der Waals surface area contributed by atoms with E-state index in [1.165, 1.54) is 5.56 Å². The lowest BCUT2D eigenvalue weighted by atomic mass is 9.86. The van der Waals surface area contributed by atoms with Gasteiger partial charge in [-0.2, -0.15) is 0 Å². The summed E-state index contributed by atoms with van der Waals surface area (Å²) in [5.74, 6) is 0.229. The van der Waals surface area contributed by atoms with E-state index < -0.39 is 0 Å². The minimum absolute atomic E-state index is 0.110. The molecule has 1 N–H and O–H groups in total. The normalized spacial score (nSPS) is 12.1. The first-order chi connectivity index (χ1) is 11.4. The minimum atomic E-state index is 0.110. The van der Waals surface area contributed by atoms with Gasteiger partial charge in [0.1, 0.15) is 16.8 Å². The molecule has 0 saturated carbocycles. The van der Waals surface area contributed by atoms with Crippen LogP contribution in [-0.2, 0) is 5.41 Å². The highest BCUT2D eigenvalue weighted by Crippen LogP contribution is 2.35. The predicted molar refractivity (Wildman–Crippen MR) is 95.1 cm³/mol. The van der Waals surface area contributed by atoms with Crippen molar-refractivity contribution in [3.05, 3.63) is 54.1 Å². The predicted octanol–water partition coefficient (Wildman–Crippen LogP) is 5.05. The van der Waals surface area contributed by atoms with Crippen LogP contribution < -0.4 is 0 Å². The molecule has 4 heteroatoms. The first-order valence-corrected chi connectivity index (χ1v) is 7.92. The van der Waals surface area contributed by atoms with Gasteiger partial charge in [-0.1, -0.05) is 45.0 Å². The molecule has 0 aliphatic heterocycles. The number of phenols is 1. The Balaban J connectivity index is 1.96. The topological polar surface area (TPSA) is 59.2 Å². The molecule has 0 aliphatic rings. The van der Waals surface area contributed by atoms with Gasteiger partial charge in [-0.05, 0) is 56.5 Å². The molecule has 0 spiro atoms. The maximum atomic E-state index is 9.78. The molecule has 24 heavy (non-hydrogen) atoms. The third-order valence-electron chi connectivity index (χ3n) is 4.40. The highest BCUT2D eigenvalue weighted by molar-refractivity contribution is 6.10. The smallest absolute Gasteiger partial charge is 0.143 e. The number of hydrogen-bond donors (Lipinski definition) is 1. The van der Waals surface area contributed by atoms with E-state index in [9.17, 15) is 5.11 Å². The number of hydrogen-bond acceptors (Lipinski definition) is 4. The summed E-state index contributed by atoms with van der Waals surface area (Å²) in [6.45, 7) is 6.59. The summed E-state index contributed by atoms with van der Waals surface area (Å²) in [5.41, 5.74) is 4.83. The third kappa shape index (κ3) is 2.31.